The molecular formula is C18H22N4O3. The molecule has 1 fully saturated rings. The molecule has 2 heterocycles. The summed E-state index contributed by atoms with van der Waals surface area (Å²) in [5.74, 6) is 1.25. The van der Waals surface area contributed by atoms with Crippen LogP contribution in [-0.4, -0.2) is 40.2 Å². The van der Waals surface area contributed by atoms with Gasteiger partial charge in [-0.05, 0) is 23.6 Å². The summed E-state index contributed by atoms with van der Waals surface area (Å²) in [5.41, 5.74) is 6.31. The summed E-state index contributed by atoms with van der Waals surface area (Å²) in [7, 11) is 0. The molecule has 3 rings (SSSR count). The highest BCUT2D eigenvalue weighted by molar-refractivity contribution is 5.74. The number of nitrogens with two attached hydrogens (primary N) is 1. The maximum absolute atomic E-state index is 11.0. The number of hydrogen-bond acceptors (Lipinski definition) is 6. The average molecular weight is 342 g/mol. The van der Waals surface area contributed by atoms with Gasteiger partial charge in [0.15, 0.2) is 5.75 Å². The van der Waals surface area contributed by atoms with Gasteiger partial charge in [0.05, 0.1) is 18.9 Å². The van der Waals surface area contributed by atoms with Crippen molar-refractivity contribution in [1.82, 2.24) is 9.97 Å². The molecule has 0 bridgehead atoms. The summed E-state index contributed by atoms with van der Waals surface area (Å²) < 4.78 is 6.03. The molecular weight excluding hydrogens is 320 g/mol. The maximum atomic E-state index is 11.0. The first-order valence-corrected chi connectivity index (χ1v) is 8.32. The van der Waals surface area contributed by atoms with Gasteiger partial charge in [-0.25, -0.2) is 9.97 Å². The highest BCUT2D eigenvalue weighted by atomic mass is 16.5. The molecule has 1 saturated heterocycles. The van der Waals surface area contributed by atoms with E-state index in [1.165, 1.54) is 12.4 Å². The molecule has 0 spiro atoms. The number of rotatable bonds is 6. The van der Waals surface area contributed by atoms with Gasteiger partial charge >= 0.3 is 0 Å². The van der Waals surface area contributed by atoms with Gasteiger partial charge in [-0.3, -0.25) is 4.79 Å². The van der Waals surface area contributed by atoms with Crippen LogP contribution in [0.3, 0.4) is 0 Å². The third-order valence-corrected chi connectivity index (χ3v) is 4.31. The Kier molecular flexibility index (Phi) is 5.02. The highest BCUT2D eigenvalue weighted by Crippen LogP contribution is 2.25. The third kappa shape index (κ3) is 4.37. The van der Waals surface area contributed by atoms with Gasteiger partial charge in [0, 0.05) is 19.4 Å². The topological polar surface area (TPSA) is 102 Å². The van der Waals surface area contributed by atoms with Gasteiger partial charge in [-0.15, -0.1) is 0 Å². The number of aromatic nitrogens is 2. The summed E-state index contributed by atoms with van der Waals surface area (Å²) in [4.78, 5) is 21.3. The molecule has 132 valence electrons. The molecule has 7 nitrogen and oxygen atoms in total. The summed E-state index contributed by atoms with van der Waals surface area (Å²) in [6, 6.07) is 7.79. The van der Waals surface area contributed by atoms with Crippen LogP contribution >= 0.6 is 0 Å². The van der Waals surface area contributed by atoms with E-state index in [4.69, 9.17) is 10.5 Å². The predicted octanol–water partition coefficient (Wildman–Crippen LogP) is 1.82. The number of carbonyl (C=O) groups excluding carboxylic acids is 1. The molecule has 25 heavy (non-hydrogen) atoms. The lowest BCUT2D eigenvalue weighted by atomic mass is 9.97. The fourth-order valence-electron chi connectivity index (χ4n) is 2.97. The summed E-state index contributed by atoms with van der Waals surface area (Å²) in [5, 5.41) is 9.26. The zero-order chi connectivity index (χ0) is 17.8. The number of carbonyl (C=O) groups is 1. The smallest absolute Gasteiger partial charge is 0.225 e. The lowest BCUT2D eigenvalue weighted by molar-refractivity contribution is -0.118. The van der Waals surface area contributed by atoms with Crippen molar-refractivity contribution in [2.24, 2.45) is 5.73 Å². The Morgan fingerprint density at radius 3 is 2.68 bits per heavy atom. The van der Waals surface area contributed by atoms with Gasteiger partial charge in [0.25, 0.3) is 0 Å². The van der Waals surface area contributed by atoms with E-state index < -0.39 is 0 Å². The first-order valence-electron chi connectivity index (χ1n) is 8.32. The van der Waals surface area contributed by atoms with Crippen LogP contribution in [0.2, 0.25) is 0 Å². The molecule has 1 aliphatic heterocycles. The number of primary amides is 1. The lowest BCUT2D eigenvalue weighted by Crippen LogP contribution is -2.25. The van der Waals surface area contributed by atoms with E-state index in [0.29, 0.717) is 18.9 Å². The quantitative estimate of drug-likeness (QED) is 0.830. The van der Waals surface area contributed by atoms with E-state index in [-0.39, 0.29) is 23.7 Å². The molecule has 2 aromatic rings. The molecule has 1 amide bonds. The van der Waals surface area contributed by atoms with Gasteiger partial charge in [-0.1, -0.05) is 19.1 Å². The molecule has 1 aliphatic rings. The van der Waals surface area contributed by atoms with Gasteiger partial charge < -0.3 is 20.5 Å². The first-order chi connectivity index (χ1) is 12.0. The van der Waals surface area contributed by atoms with E-state index in [9.17, 15) is 9.90 Å². The van der Waals surface area contributed by atoms with Crippen molar-refractivity contribution in [2.45, 2.75) is 31.8 Å². The Hall–Kier alpha value is -2.83. The van der Waals surface area contributed by atoms with Gasteiger partial charge in [0.2, 0.25) is 11.9 Å². The molecule has 0 unspecified atom stereocenters. The van der Waals surface area contributed by atoms with Crippen LogP contribution in [0.25, 0.3) is 0 Å². The largest absolute Gasteiger partial charge is 0.505 e. The Balaban J connectivity index is 1.56. The second kappa shape index (κ2) is 7.38. The number of anilines is 1. The van der Waals surface area contributed by atoms with Crippen LogP contribution in [0.15, 0.2) is 36.7 Å². The molecule has 0 radical (unpaired) electrons. The summed E-state index contributed by atoms with van der Waals surface area (Å²) in [6.07, 6.45) is 4.06. The van der Waals surface area contributed by atoms with Crippen LogP contribution in [0.5, 0.6) is 11.5 Å². The average Bonchev–Trinajstić information content (AvgIpc) is 3.04. The van der Waals surface area contributed by atoms with Crippen molar-refractivity contribution in [1.29, 1.82) is 0 Å². The standard InChI is InChI=1S/C18H22N4O3/c1-12(8-17(19)24)13-2-4-15(5-3-13)25-16-6-7-22(11-16)18-20-9-14(23)10-21-18/h2-5,9-10,12,16,23H,6-8,11H2,1H3,(H2,19,24)/t12-,16+/m0/s1. The van der Waals surface area contributed by atoms with Crippen LogP contribution in [0.1, 0.15) is 31.2 Å². The Bertz CT molecular complexity index is 718. The second-order valence-electron chi connectivity index (χ2n) is 6.36. The van der Waals surface area contributed by atoms with E-state index >= 15 is 0 Å². The minimum atomic E-state index is -0.296. The lowest BCUT2D eigenvalue weighted by Gasteiger charge is -2.17. The van der Waals surface area contributed by atoms with Crippen molar-refractivity contribution < 1.29 is 14.6 Å². The number of hydrogen-bond donors (Lipinski definition) is 2. The Morgan fingerprint density at radius 2 is 2.04 bits per heavy atom. The monoisotopic (exact) mass is 342 g/mol. The molecule has 1 aromatic heterocycles. The SMILES string of the molecule is C[C@@H](CC(N)=O)c1ccc(O[C@@H]2CCN(c3ncc(O)cn3)C2)cc1. The predicted molar refractivity (Wildman–Crippen MR) is 93.6 cm³/mol. The maximum Gasteiger partial charge on any atom is 0.225 e. The molecule has 7 heteroatoms. The minimum absolute atomic E-state index is 0.0569. The molecule has 0 aliphatic carbocycles. The zero-order valence-electron chi connectivity index (χ0n) is 14.1. The minimum Gasteiger partial charge on any atom is -0.505 e. The van der Waals surface area contributed by atoms with Gasteiger partial charge in [0.1, 0.15) is 11.9 Å². The first kappa shape index (κ1) is 17.0. The normalized spacial score (nSPS) is 18.1. The number of benzene rings is 1. The summed E-state index contributed by atoms with van der Waals surface area (Å²) in [6.45, 7) is 3.49. The Labute approximate surface area is 146 Å². The van der Waals surface area contributed by atoms with Crippen molar-refractivity contribution in [3.05, 3.63) is 42.2 Å². The summed E-state index contributed by atoms with van der Waals surface area (Å²) >= 11 is 0. The molecule has 3 N–H and O–H groups in total. The van der Waals surface area contributed by atoms with Crippen molar-refractivity contribution in [3.8, 4) is 11.5 Å². The molecule has 1 aromatic carbocycles. The third-order valence-electron chi connectivity index (χ3n) is 4.31. The second-order valence-corrected chi connectivity index (χ2v) is 6.36. The number of ether oxygens (including phenoxy) is 1. The van der Waals surface area contributed by atoms with Crippen molar-refractivity contribution in [2.75, 3.05) is 18.0 Å². The van der Waals surface area contributed by atoms with E-state index in [1.54, 1.807) is 0 Å². The van der Waals surface area contributed by atoms with Crippen LogP contribution in [0, 0.1) is 0 Å². The fourth-order valence-corrected chi connectivity index (χ4v) is 2.97. The number of nitrogens with zero attached hydrogens (tertiary/aromatic N) is 3. The van der Waals surface area contributed by atoms with Crippen LogP contribution in [0.4, 0.5) is 5.95 Å². The van der Waals surface area contributed by atoms with Crippen molar-refractivity contribution in [3.63, 3.8) is 0 Å². The van der Waals surface area contributed by atoms with Gasteiger partial charge in [-0.2, -0.15) is 0 Å². The van der Waals surface area contributed by atoms with Crippen LogP contribution in [-0.2, 0) is 4.79 Å². The highest BCUT2D eigenvalue weighted by Gasteiger charge is 2.25. The molecule has 2 atom stereocenters. The number of amides is 1. The molecule has 0 saturated carbocycles. The van der Waals surface area contributed by atoms with E-state index in [0.717, 1.165) is 24.3 Å². The van der Waals surface area contributed by atoms with Crippen LogP contribution < -0.4 is 15.4 Å². The number of aromatic hydroxyl groups is 1. The van der Waals surface area contributed by atoms with E-state index in [1.807, 2.05) is 36.1 Å². The zero-order valence-corrected chi connectivity index (χ0v) is 14.1. The van der Waals surface area contributed by atoms with E-state index in [2.05, 4.69) is 9.97 Å². The Morgan fingerprint density at radius 1 is 1.36 bits per heavy atom. The fraction of sp³-hybridized carbons (Fsp3) is 0.389. The van der Waals surface area contributed by atoms with Crippen molar-refractivity contribution >= 4 is 11.9 Å².